The van der Waals surface area contributed by atoms with Crippen molar-refractivity contribution in [1.29, 1.82) is 0 Å². The molecule has 2 rings (SSSR count). The van der Waals surface area contributed by atoms with Gasteiger partial charge in [0.1, 0.15) is 0 Å². The number of aliphatic imine (C=N–C) groups is 1. The Balaban J connectivity index is 0.000000396. The first kappa shape index (κ1) is 9.97. The van der Waals surface area contributed by atoms with Gasteiger partial charge in [-0.25, -0.2) is 0 Å². The fourth-order valence-corrected chi connectivity index (χ4v) is 1.41. The Labute approximate surface area is 80.5 Å². The van der Waals surface area contributed by atoms with E-state index in [1.54, 1.807) is 0 Å². The SMILES string of the molecule is CC.c1ccc(C2=NCCC2)cc1. The summed E-state index contributed by atoms with van der Waals surface area (Å²) in [6.07, 6.45) is 2.38. The molecule has 0 radical (unpaired) electrons. The van der Waals surface area contributed by atoms with Crippen LogP contribution in [-0.4, -0.2) is 12.3 Å². The van der Waals surface area contributed by atoms with E-state index in [1.165, 1.54) is 17.7 Å². The van der Waals surface area contributed by atoms with Crippen LogP contribution in [0.4, 0.5) is 0 Å². The van der Waals surface area contributed by atoms with Crippen LogP contribution in [0.3, 0.4) is 0 Å². The fraction of sp³-hybridized carbons (Fsp3) is 0.417. The summed E-state index contributed by atoms with van der Waals surface area (Å²) in [5, 5.41) is 0. The van der Waals surface area contributed by atoms with E-state index in [4.69, 9.17) is 0 Å². The van der Waals surface area contributed by atoms with Crippen LogP contribution in [-0.2, 0) is 0 Å². The lowest BCUT2D eigenvalue weighted by molar-refractivity contribution is 0.951. The Kier molecular flexibility index (Phi) is 4.24. The molecule has 0 amide bonds. The zero-order chi connectivity index (χ0) is 9.52. The predicted octanol–water partition coefficient (Wildman–Crippen LogP) is 3.30. The summed E-state index contributed by atoms with van der Waals surface area (Å²) in [6.45, 7) is 5.02. The highest BCUT2D eigenvalue weighted by Gasteiger charge is 2.06. The lowest BCUT2D eigenvalue weighted by Crippen LogP contribution is -1.94. The van der Waals surface area contributed by atoms with Crippen molar-refractivity contribution < 1.29 is 0 Å². The molecule has 0 bridgehead atoms. The molecule has 0 spiro atoms. The third-order valence-electron chi connectivity index (χ3n) is 1.98. The van der Waals surface area contributed by atoms with Crippen LogP contribution in [0.5, 0.6) is 0 Å². The van der Waals surface area contributed by atoms with E-state index in [-0.39, 0.29) is 0 Å². The quantitative estimate of drug-likeness (QED) is 0.621. The van der Waals surface area contributed by atoms with Crippen LogP contribution in [0.1, 0.15) is 32.3 Å². The van der Waals surface area contributed by atoms with Gasteiger partial charge in [-0.3, -0.25) is 4.99 Å². The lowest BCUT2D eigenvalue weighted by Gasteiger charge is -1.97. The summed E-state index contributed by atoms with van der Waals surface area (Å²) >= 11 is 0. The van der Waals surface area contributed by atoms with Crippen molar-refractivity contribution >= 4 is 5.71 Å². The Hall–Kier alpha value is -1.11. The third-order valence-corrected chi connectivity index (χ3v) is 1.98. The van der Waals surface area contributed by atoms with Crippen molar-refractivity contribution in [1.82, 2.24) is 0 Å². The van der Waals surface area contributed by atoms with Gasteiger partial charge in [0.25, 0.3) is 0 Å². The minimum absolute atomic E-state index is 1.02. The monoisotopic (exact) mass is 175 g/mol. The van der Waals surface area contributed by atoms with Gasteiger partial charge >= 0.3 is 0 Å². The van der Waals surface area contributed by atoms with Gasteiger partial charge in [0, 0.05) is 12.3 Å². The molecule has 1 aliphatic heterocycles. The Bertz CT molecular complexity index is 262. The van der Waals surface area contributed by atoms with Crippen molar-refractivity contribution in [2.45, 2.75) is 26.7 Å². The van der Waals surface area contributed by atoms with Crippen molar-refractivity contribution in [3.8, 4) is 0 Å². The molecule has 0 aliphatic carbocycles. The average molecular weight is 175 g/mol. The zero-order valence-electron chi connectivity index (χ0n) is 8.46. The van der Waals surface area contributed by atoms with Gasteiger partial charge in [-0.1, -0.05) is 44.2 Å². The molecule has 0 fully saturated rings. The van der Waals surface area contributed by atoms with Gasteiger partial charge in [-0.2, -0.15) is 0 Å². The van der Waals surface area contributed by atoms with Crippen LogP contribution < -0.4 is 0 Å². The first-order valence-electron chi connectivity index (χ1n) is 5.05. The summed E-state index contributed by atoms with van der Waals surface area (Å²) in [7, 11) is 0. The van der Waals surface area contributed by atoms with Crippen LogP contribution >= 0.6 is 0 Å². The Morgan fingerprint density at radius 2 is 1.77 bits per heavy atom. The molecule has 1 aromatic rings. The zero-order valence-corrected chi connectivity index (χ0v) is 8.46. The fourth-order valence-electron chi connectivity index (χ4n) is 1.41. The number of benzene rings is 1. The molecule has 1 nitrogen and oxygen atoms in total. The maximum atomic E-state index is 4.42. The van der Waals surface area contributed by atoms with Gasteiger partial charge in [-0.15, -0.1) is 0 Å². The Morgan fingerprint density at radius 1 is 1.08 bits per heavy atom. The topological polar surface area (TPSA) is 12.4 Å². The molecule has 0 saturated carbocycles. The van der Waals surface area contributed by atoms with Crippen molar-refractivity contribution in [2.75, 3.05) is 6.54 Å². The molecule has 70 valence electrons. The highest BCUT2D eigenvalue weighted by atomic mass is 14.8. The molecule has 0 saturated heterocycles. The molecular formula is C12H17N. The summed E-state index contributed by atoms with van der Waals surface area (Å²) in [5.41, 5.74) is 2.58. The number of rotatable bonds is 1. The Morgan fingerprint density at radius 3 is 2.31 bits per heavy atom. The van der Waals surface area contributed by atoms with Crippen LogP contribution in [0.2, 0.25) is 0 Å². The first-order valence-corrected chi connectivity index (χ1v) is 5.05. The minimum Gasteiger partial charge on any atom is -0.289 e. The molecule has 0 aromatic heterocycles. The highest BCUT2D eigenvalue weighted by molar-refractivity contribution is 6.01. The normalized spacial score (nSPS) is 14.5. The summed E-state index contributed by atoms with van der Waals surface area (Å²) < 4.78 is 0. The molecule has 0 unspecified atom stereocenters. The standard InChI is InChI=1S/C10H11N.C2H6/c1-2-5-9(6-3-1)10-7-4-8-11-10;1-2/h1-3,5-6H,4,7-8H2;1-2H3. The molecule has 1 aromatic carbocycles. The van der Waals surface area contributed by atoms with Gasteiger partial charge in [0.05, 0.1) is 0 Å². The van der Waals surface area contributed by atoms with E-state index in [2.05, 4.69) is 29.3 Å². The molecule has 1 heterocycles. The minimum atomic E-state index is 1.02. The second kappa shape index (κ2) is 5.52. The molecule has 13 heavy (non-hydrogen) atoms. The van der Waals surface area contributed by atoms with Gasteiger partial charge in [0.15, 0.2) is 0 Å². The van der Waals surface area contributed by atoms with Crippen molar-refractivity contribution in [2.24, 2.45) is 4.99 Å². The number of nitrogens with zero attached hydrogens (tertiary/aromatic N) is 1. The summed E-state index contributed by atoms with van der Waals surface area (Å²) in [6, 6.07) is 10.4. The predicted molar refractivity (Wildman–Crippen MR) is 58.4 cm³/mol. The number of hydrogen-bond acceptors (Lipinski definition) is 1. The lowest BCUT2D eigenvalue weighted by atomic mass is 10.1. The largest absolute Gasteiger partial charge is 0.289 e. The molecular weight excluding hydrogens is 158 g/mol. The van der Waals surface area contributed by atoms with E-state index in [0.717, 1.165) is 13.0 Å². The second-order valence-corrected chi connectivity index (χ2v) is 2.80. The van der Waals surface area contributed by atoms with Crippen LogP contribution in [0, 0.1) is 0 Å². The van der Waals surface area contributed by atoms with E-state index in [9.17, 15) is 0 Å². The molecule has 0 atom stereocenters. The van der Waals surface area contributed by atoms with Gasteiger partial charge in [-0.05, 0) is 18.4 Å². The van der Waals surface area contributed by atoms with E-state index >= 15 is 0 Å². The average Bonchev–Trinajstić information content (AvgIpc) is 2.75. The maximum absolute atomic E-state index is 4.42. The highest BCUT2D eigenvalue weighted by Crippen LogP contribution is 2.11. The second-order valence-electron chi connectivity index (χ2n) is 2.80. The van der Waals surface area contributed by atoms with Gasteiger partial charge in [0.2, 0.25) is 0 Å². The summed E-state index contributed by atoms with van der Waals surface area (Å²) in [4.78, 5) is 4.42. The van der Waals surface area contributed by atoms with Crippen LogP contribution in [0.15, 0.2) is 35.3 Å². The summed E-state index contributed by atoms with van der Waals surface area (Å²) in [5.74, 6) is 0. The van der Waals surface area contributed by atoms with E-state index in [0.29, 0.717) is 0 Å². The van der Waals surface area contributed by atoms with E-state index < -0.39 is 0 Å². The van der Waals surface area contributed by atoms with Gasteiger partial charge < -0.3 is 0 Å². The van der Waals surface area contributed by atoms with E-state index in [1.807, 2.05) is 19.9 Å². The third kappa shape index (κ3) is 2.69. The van der Waals surface area contributed by atoms with Crippen molar-refractivity contribution in [3.63, 3.8) is 0 Å². The number of hydrogen-bond donors (Lipinski definition) is 0. The molecule has 1 heteroatoms. The maximum Gasteiger partial charge on any atom is 0.0421 e. The van der Waals surface area contributed by atoms with Crippen LogP contribution in [0.25, 0.3) is 0 Å². The molecule has 0 N–H and O–H groups in total. The van der Waals surface area contributed by atoms with Crippen molar-refractivity contribution in [3.05, 3.63) is 35.9 Å². The first-order chi connectivity index (χ1) is 6.47. The molecule has 1 aliphatic rings. The smallest absolute Gasteiger partial charge is 0.0421 e.